The number of anilines is 1. The zero-order chi connectivity index (χ0) is 13.9. The Morgan fingerprint density at radius 2 is 2.11 bits per heavy atom. The minimum absolute atomic E-state index is 0.0345. The first-order chi connectivity index (χ1) is 8.96. The average molecular weight is 287 g/mol. The highest BCUT2D eigenvalue weighted by Crippen LogP contribution is 2.30. The maximum atomic E-state index is 12.1. The molecule has 1 heterocycles. The number of nitrogens with zero attached hydrogens (tertiary/aromatic N) is 2. The van der Waals surface area contributed by atoms with Gasteiger partial charge in [0.15, 0.2) is 0 Å². The van der Waals surface area contributed by atoms with Gasteiger partial charge in [-0.25, -0.2) is 4.98 Å². The van der Waals surface area contributed by atoms with E-state index in [4.69, 9.17) is 5.73 Å². The van der Waals surface area contributed by atoms with E-state index in [0.717, 1.165) is 5.56 Å². The molecule has 1 aromatic carbocycles. The van der Waals surface area contributed by atoms with Gasteiger partial charge in [-0.05, 0) is 23.9 Å². The third kappa shape index (κ3) is 3.92. The van der Waals surface area contributed by atoms with Gasteiger partial charge in [-0.1, -0.05) is 12.1 Å². The van der Waals surface area contributed by atoms with E-state index in [2.05, 4.69) is 4.98 Å². The van der Waals surface area contributed by atoms with Crippen LogP contribution < -0.4 is 5.73 Å². The Hall–Kier alpha value is -1.63. The number of halogens is 3. The molecule has 0 spiro atoms. The van der Waals surface area contributed by atoms with Crippen LogP contribution in [0.5, 0.6) is 0 Å². The van der Waals surface area contributed by atoms with Crippen molar-refractivity contribution in [2.75, 3.05) is 11.5 Å². The molecule has 0 unspecified atom stereocenters. The fraction of sp³-hybridized carbons (Fsp3) is 0.250. The molecule has 0 atom stereocenters. The van der Waals surface area contributed by atoms with Crippen LogP contribution in [0.1, 0.15) is 0 Å². The number of hydrogen-bond donors (Lipinski definition) is 1. The van der Waals surface area contributed by atoms with Gasteiger partial charge in [0, 0.05) is 35.9 Å². The smallest absolute Gasteiger partial charge is 0.399 e. The molecule has 3 nitrogen and oxygen atoms in total. The summed E-state index contributed by atoms with van der Waals surface area (Å²) in [4.78, 5) is 4.16. The van der Waals surface area contributed by atoms with Crippen molar-refractivity contribution in [3.8, 4) is 11.4 Å². The Kier molecular flexibility index (Phi) is 4.04. The van der Waals surface area contributed by atoms with E-state index in [1.807, 2.05) is 6.07 Å². The molecule has 0 fully saturated rings. The van der Waals surface area contributed by atoms with Crippen molar-refractivity contribution in [2.45, 2.75) is 12.1 Å². The topological polar surface area (TPSA) is 43.8 Å². The molecule has 0 aliphatic rings. The Labute approximate surface area is 112 Å². The first-order valence-electron chi connectivity index (χ1n) is 5.53. The van der Waals surface area contributed by atoms with Gasteiger partial charge in [-0.15, -0.1) is 0 Å². The normalized spacial score (nSPS) is 11.7. The number of aromatic nitrogens is 2. The van der Waals surface area contributed by atoms with Gasteiger partial charge in [0.25, 0.3) is 0 Å². The molecule has 19 heavy (non-hydrogen) atoms. The Bertz CT molecular complexity index is 551. The molecule has 2 aromatic rings. The van der Waals surface area contributed by atoms with Gasteiger partial charge >= 0.3 is 5.51 Å². The van der Waals surface area contributed by atoms with Crippen LogP contribution in [0, 0.1) is 0 Å². The van der Waals surface area contributed by atoms with Crippen LogP contribution in [0.4, 0.5) is 18.9 Å². The lowest BCUT2D eigenvalue weighted by Gasteiger charge is -2.09. The highest BCUT2D eigenvalue weighted by Gasteiger charge is 2.27. The lowest BCUT2D eigenvalue weighted by molar-refractivity contribution is -0.0328. The number of rotatable bonds is 4. The molecule has 1 aromatic heterocycles. The number of aryl methyl sites for hydroxylation is 1. The van der Waals surface area contributed by atoms with Gasteiger partial charge in [-0.3, -0.25) is 0 Å². The Morgan fingerprint density at radius 1 is 1.32 bits per heavy atom. The van der Waals surface area contributed by atoms with E-state index in [0.29, 0.717) is 11.5 Å². The van der Waals surface area contributed by atoms with Crippen molar-refractivity contribution in [1.82, 2.24) is 9.55 Å². The number of imidazole rings is 1. The summed E-state index contributed by atoms with van der Waals surface area (Å²) in [6, 6.07) is 7.10. The first kappa shape index (κ1) is 13.8. The molecule has 0 bridgehead atoms. The summed E-state index contributed by atoms with van der Waals surface area (Å²) in [6.07, 6.45) is 3.23. The molecule has 0 saturated heterocycles. The van der Waals surface area contributed by atoms with E-state index in [1.165, 1.54) is 0 Å². The van der Waals surface area contributed by atoms with Gasteiger partial charge in [0.2, 0.25) is 0 Å². The van der Waals surface area contributed by atoms with Crippen molar-refractivity contribution in [3.05, 3.63) is 36.7 Å². The van der Waals surface area contributed by atoms with E-state index in [-0.39, 0.29) is 24.1 Å². The third-order valence-corrected chi connectivity index (χ3v) is 3.17. The van der Waals surface area contributed by atoms with Gasteiger partial charge < -0.3 is 10.3 Å². The number of nitrogen functional groups attached to an aromatic ring is 1. The minimum Gasteiger partial charge on any atom is -0.399 e. The zero-order valence-corrected chi connectivity index (χ0v) is 10.7. The van der Waals surface area contributed by atoms with E-state index < -0.39 is 5.51 Å². The Morgan fingerprint density at radius 3 is 2.79 bits per heavy atom. The van der Waals surface area contributed by atoms with Crippen LogP contribution in [0.15, 0.2) is 36.7 Å². The second kappa shape index (κ2) is 5.56. The molecule has 2 rings (SSSR count). The van der Waals surface area contributed by atoms with Crippen molar-refractivity contribution in [2.24, 2.45) is 0 Å². The van der Waals surface area contributed by atoms with Crippen molar-refractivity contribution in [1.29, 1.82) is 0 Å². The number of nitrogens with two attached hydrogens (primary N) is 1. The zero-order valence-electron chi connectivity index (χ0n) is 9.89. The molecule has 2 N–H and O–H groups in total. The van der Waals surface area contributed by atoms with Gasteiger partial charge in [0.05, 0.1) is 0 Å². The van der Waals surface area contributed by atoms with Gasteiger partial charge in [-0.2, -0.15) is 13.2 Å². The largest absolute Gasteiger partial charge is 0.441 e. The fourth-order valence-electron chi connectivity index (χ4n) is 1.69. The van der Waals surface area contributed by atoms with Crippen LogP contribution in [-0.2, 0) is 6.54 Å². The summed E-state index contributed by atoms with van der Waals surface area (Å²) in [5.41, 5.74) is 2.87. The van der Waals surface area contributed by atoms with Crippen LogP contribution in [0.3, 0.4) is 0 Å². The molecule has 102 valence electrons. The molecular formula is C12H12F3N3S. The van der Waals surface area contributed by atoms with Crippen molar-refractivity contribution >= 4 is 17.4 Å². The number of thioether (sulfide) groups is 1. The summed E-state index contributed by atoms with van der Waals surface area (Å²) in [6.45, 7) is 0.244. The van der Waals surface area contributed by atoms with E-state index >= 15 is 0 Å². The minimum atomic E-state index is -4.20. The van der Waals surface area contributed by atoms with Crippen LogP contribution in [-0.4, -0.2) is 20.8 Å². The third-order valence-electron chi connectivity index (χ3n) is 2.46. The predicted molar refractivity (Wildman–Crippen MR) is 70.6 cm³/mol. The molecular weight excluding hydrogens is 275 g/mol. The molecule has 0 aliphatic heterocycles. The Balaban J connectivity index is 2.10. The SMILES string of the molecule is Nc1cccc(-c2nccn2CCSC(F)(F)F)c1. The van der Waals surface area contributed by atoms with E-state index in [9.17, 15) is 13.2 Å². The predicted octanol–water partition coefficient (Wildman–Crippen LogP) is 3.39. The number of hydrogen-bond acceptors (Lipinski definition) is 3. The van der Waals surface area contributed by atoms with Crippen LogP contribution in [0.2, 0.25) is 0 Å². The molecule has 0 aliphatic carbocycles. The molecule has 7 heteroatoms. The number of alkyl halides is 3. The maximum absolute atomic E-state index is 12.1. The fourth-order valence-corrected chi connectivity index (χ4v) is 2.21. The average Bonchev–Trinajstić information content (AvgIpc) is 2.75. The van der Waals surface area contributed by atoms with Crippen molar-refractivity contribution in [3.63, 3.8) is 0 Å². The quantitative estimate of drug-likeness (QED) is 0.877. The standard InChI is InChI=1S/C12H12F3N3S/c13-12(14,15)19-7-6-18-5-4-17-11(18)9-2-1-3-10(16)8-9/h1-5,8H,6-7,16H2. The summed E-state index contributed by atoms with van der Waals surface area (Å²) < 4.78 is 37.9. The highest BCUT2D eigenvalue weighted by atomic mass is 32.2. The van der Waals surface area contributed by atoms with Crippen LogP contribution in [0.25, 0.3) is 11.4 Å². The highest BCUT2D eigenvalue weighted by molar-refractivity contribution is 8.00. The van der Waals surface area contributed by atoms with Gasteiger partial charge in [0.1, 0.15) is 5.82 Å². The summed E-state index contributed by atoms with van der Waals surface area (Å²) in [7, 11) is 0. The molecule has 0 amide bonds. The lowest BCUT2D eigenvalue weighted by Crippen LogP contribution is -2.07. The molecule has 0 radical (unpaired) electrons. The maximum Gasteiger partial charge on any atom is 0.441 e. The first-order valence-corrected chi connectivity index (χ1v) is 6.52. The van der Waals surface area contributed by atoms with Crippen LogP contribution >= 0.6 is 11.8 Å². The second-order valence-electron chi connectivity index (χ2n) is 3.86. The number of benzene rings is 1. The van der Waals surface area contributed by atoms with Crippen molar-refractivity contribution < 1.29 is 13.2 Å². The lowest BCUT2D eigenvalue weighted by atomic mass is 10.2. The summed E-state index contributed by atoms with van der Waals surface area (Å²) in [5.74, 6) is 0.574. The summed E-state index contributed by atoms with van der Waals surface area (Å²) in [5, 5.41) is 0. The second-order valence-corrected chi connectivity index (χ2v) is 5.02. The summed E-state index contributed by atoms with van der Waals surface area (Å²) >= 11 is -0.0345. The van der Waals surface area contributed by atoms with E-state index in [1.54, 1.807) is 35.2 Å². The monoisotopic (exact) mass is 287 g/mol. The molecule has 0 saturated carbocycles.